The van der Waals surface area contributed by atoms with Gasteiger partial charge in [0, 0.05) is 23.9 Å². The summed E-state index contributed by atoms with van der Waals surface area (Å²) in [7, 11) is 0. The van der Waals surface area contributed by atoms with E-state index in [0.29, 0.717) is 18.0 Å². The van der Waals surface area contributed by atoms with Crippen LogP contribution < -0.4 is 16.0 Å². The highest BCUT2D eigenvalue weighted by Crippen LogP contribution is 2.25. The van der Waals surface area contributed by atoms with E-state index in [0.717, 1.165) is 29.8 Å². The van der Waals surface area contributed by atoms with Crippen molar-refractivity contribution in [3.63, 3.8) is 0 Å². The van der Waals surface area contributed by atoms with Crippen molar-refractivity contribution in [2.45, 2.75) is 39.2 Å². The summed E-state index contributed by atoms with van der Waals surface area (Å²) in [6.45, 7) is 3.54. The van der Waals surface area contributed by atoms with Crippen LogP contribution in [0.2, 0.25) is 0 Å². The highest BCUT2D eigenvalue weighted by atomic mass is 16.5. The Bertz CT molecular complexity index is 769. The van der Waals surface area contributed by atoms with Crippen LogP contribution >= 0.6 is 0 Å². The summed E-state index contributed by atoms with van der Waals surface area (Å²) >= 11 is 0. The molecule has 7 nitrogen and oxygen atoms in total. The number of hydrogen-bond donors (Lipinski definition) is 3. The average Bonchev–Trinajstić information content (AvgIpc) is 2.84. The molecule has 1 unspecified atom stereocenters. The molecule has 2 amide bonds. The largest absolute Gasteiger partial charge is 0.374 e. The average molecular weight is 328 g/mol. The lowest BCUT2D eigenvalue weighted by atomic mass is 10.1. The summed E-state index contributed by atoms with van der Waals surface area (Å²) in [6, 6.07) is 6.92. The Balaban J connectivity index is 1.65. The number of amides is 2. The van der Waals surface area contributed by atoms with Crippen LogP contribution in [0.3, 0.4) is 0 Å². The standard InChI is InChI=1S/C17H20N4O3/c1-10-8-15(21-24-10)20-17(23)11(2)18-13-6-7-14-12(9-13)4-3-5-16(22)19-14/h6-9,11,18H,3-5H2,1-2H3,(H,19,22)(H,20,21,23). The number of hydrogen-bond acceptors (Lipinski definition) is 5. The molecule has 1 aromatic carbocycles. The molecular formula is C17H20N4O3. The van der Waals surface area contributed by atoms with E-state index in [4.69, 9.17) is 4.52 Å². The Labute approximate surface area is 139 Å². The molecule has 0 spiro atoms. The number of fused-ring (bicyclic) bond motifs is 1. The fraction of sp³-hybridized carbons (Fsp3) is 0.353. The zero-order valence-corrected chi connectivity index (χ0v) is 13.7. The van der Waals surface area contributed by atoms with Gasteiger partial charge in [0.05, 0.1) is 0 Å². The van der Waals surface area contributed by atoms with Crippen molar-refractivity contribution >= 4 is 29.0 Å². The van der Waals surface area contributed by atoms with E-state index < -0.39 is 6.04 Å². The zero-order chi connectivity index (χ0) is 17.1. The third kappa shape index (κ3) is 3.73. The second-order valence-corrected chi connectivity index (χ2v) is 5.95. The number of nitrogens with one attached hydrogen (secondary N) is 3. The minimum Gasteiger partial charge on any atom is -0.374 e. The lowest BCUT2D eigenvalue weighted by molar-refractivity contribution is -0.117. The van der Waals surface area contributed by atoms with E-state index in [1.54, 1.807) is 19.9 Å². The summed E-state index contributed by atoms with van der Waals surface area (Å²) in [4.78, 5) is 23.8. The second kappa shape index (κ2) is 6.74. The Morgan fingerprint density at radius 1 is 1.33 bits per heavy atom. The fourth-order valence-electron chi connectivity index (χ4n) is 2.64. The Hall–Kier alpha value is -2.83. The summed E-state index contributed by atoms with van der Waals surface area (Å²) in [5.74, 6) is 0.881. The molecule has 0 fully saturated rings. The van der Waals surface area contributed by atoms with Crippen molar-refractivity contribution in [1.82, 2.24) is 5.16 Å². The van der Waals surface area contributed by atoms with Gasteiger partial charge in [-0.15, -0.1) is 0 Å². The molecule has 0 aliphatic carbocycles. The maximum Gasteiger partial charge on any atom is 0.247 e. The van der Waals surface area contributed by atoms with Gasteiger partial charge in [0.1, 0.15) is 11.8 Å². The van der Waals surface area contributed by atoms with Crippen LogP contribution in [0.25, 0.3) is 0 Å². The number of rotatable bonds is 4. The van der Waals surface area contributed by atoms with E-state index in [1.807, 2.05) is 18.2 Å². The highest BCUT2D eigenvalue weighted by molar-refractivity contribution is 5.96. The summed E-state index contributed by atoms with van der Waals surface area (Å²) in [6.07, 6.45) is 2.19. The van der Waals surface area contributed by atoms with E-state index in [-0.39, 0.29) is 11.8 Å². The molecule has 0 bridgehead atoms. The molecule has 1 aromatic heterocycles. The van der Waals surface area contributed by atoms with Gasteiger partial charge in [-0.1, -0.05) is 5.16 Å². The predicted octanol–water partition coefficient (Wildman–Crippen LogP) is 2.70. The molecule has 3 rings (SSSR count). The number of carbonyl (C=O) groups excluding carboxylic acids is 2. The van der Waals surface area contributed by atoms with Gasteiger partial charge >= 0.3 is 0 Å². The fourth-order valence-corrected chi connectivity index (χ4v) is 2.64. The van der Waals surface area contributed by atoms with Crippen molar-refractivity contribution in [3.05, 3.63) is 35.6 Å². The number of carbonyl (C=O) groups is 2. The molecule has 126 valence electrons. The molecule has 2 aromatic rings. The van der Waals surface area contributed by atoms with Crippen molar-refractivity contribution in [1.29, 1.82) is 0 Å². The molecule has 1 aliphatic heterocycles. The second-order valence-electron chi connectivity index (χ2n) is 5.95. The molecule has 7 heteroatoms. The van der Waals surface area contributed by atoms with Crippen LogP contribution in [-0.2, 0) is 16.0 Å². The van der Waals surface area contributed by atoms with Crippen LogP contribution in [0.4, 0.5) is 17.2 Å². The minimum atomic E-state index is -0.444. The van der Waals surface area contributed by atoms with Crippen molar-refractivity contribution in [3.8, 4) is 0 Å². The first kappa shape index (κ1) is 16.0. The van der Waals surface area contributed by atoms with Crippen LogP contribution in [0.15, 0.2) is 28.8 Å². The molecule has 0 saturated heterocycles. The van der Waals surface area contributed by atoms with Gasteiger partial charge < -0.3 is 20.5 Å². The molecule has 0 radical (unpaired) electrons. The van der Waals surface area contributed by atoms with E-state index >= 15 is 0 Å². The van der Waals surface area contributed by atoms with Crippen LogP contribution in [0.5, 0.6) is 0 Å². The first-order valence-corrected chi connectivity index (χ1v) is 7.95. The van der Waals surface area contributed by atoms with Gasteiger partial charge in [0.2, 0.25) is 11.8 Å². The number of nitrogens with zero attached hydrogens (tertiary/aromatic N) is 1. The maximum atomic E-state index is 12.2. The molecule has 24 heavy (non-hydrogen) atoms. The van der Waals surface area contributed by atoms with Gasteiger partial charge in [0.15, 0.2) is 5.82 Å². The normalized spacial score (nSPS) is 15.0. The summed E-state index contributed by atoms with van der Waals surface area (Å²) in [5, 5.41) is 12.5. The van der Waals surface area contributed by atoms with Crippen molar-refractivity contribution in [2.75, 3.05) is 16.0 Å². The van der Waals surface area contributed by atoms with Gasteiger partial charge in [-0.05, 0) is 50.5 Å². The van der Waals surface area contributed by atoms with Crippen LogP contribution in [-0.4, -0.2) is 23.0 Å². The summed E-state index contributed by atoms with van der Waals surface area (Å²) in [5.41, 5.74) is 2.76. The highest BCUT2D eigenvalue weighted by Gasteiger charge is 2.17. The van der Waals surface area contributed by atoms with Crippen LogP contribution in [0, 0.1) is 6.92 Å². The van der Waals surface area contributed by atoms with E-state index in [2.05, 4.69) is 21.1 Å². The lowest BCUT2D eigenvalue weighted by Crippen LogP contribution is -2.32. The third-order valence-corrected chi connectivity index (χ3v) is 3.88. The predicted molar refractivity (Wildman–Crippen MR) is 91.0 cm³/mol. The summed E-state index contributed by atoms with van der Waals surface area (Å²) < 4.78 is 4.93. The zero-order valence-electron chi connectivity index (χ0n) is 13.7. The first-order chi connectivity index (χ1) is 11.5. The van der Waals surface area contributed by atoms with Crippen LogP contribution in [0.1, 0.15) is 31.1 Å². The quantitative estimate of drug-likeness (QED) is 0.802. The van der Waals surface area contributed by atoms with Gasteiger partial charge in [0.25, 0.3) is 0 Å². The molecule has 1 atom stereocenters. The molecule has 3 N–H and O–H groups in total. The van der Waals surface area contributed by atoms with Gasteiger partial charge in [-0.2, -0.15) is 0 Å². The monoisotopic (exact) mass is 328 g/mol. The minimum absolute atomic E-state index is 0.0464. The Kier molecular flexibility index (Phi) is 4.50. The first-order valence-electron chi connectivity index (χ1n) is 7.95. The number of anilines is 3. The molecular weight excluding hydrogens is 308 g/mol. The van der Waals surface area contributed by atoms with Gasteiger partial charge in [-0.25, -0.2) is 0 Å². The van der Waals surface area contributed by atoms with Gasteiger partial charge in [-0.3, -0.25) is 9.59 Å². The van der Waals surface area contributed by atoms with E-state index in [1.165, 1.54) is 0 Å². The van der Waals surface area contributed by atoms with E-state index in [9.17, 15) is 9.59 Å². The molecule has 1 aliphatic rings. The molecule has 0 saturated carbocycles. The van der Waals surface area contributed by atoms with Crippen molar-refractivity contribution < 1.29 is 14.1 Å². The maximum absolute atomic E-state index is 12.2. The molecule has 2 heterocycles. The Morgan fingerprint density at radius 3 is 2.92 bits per heavy atom. The SMILES string of the molecule is Cc1cc(NC(=O)C(C)Nc2ccc3c(c2)CCCC(=O)N3)no1. The lowest BCUT2D eigenvalue weighted by Gasteiger charge is -2.16. The third-order valence-electron chi connectivity index (χ3n) is 3.88. The number of aromatic nitrogens is 1. The van der Waals surface area contributed by atoms with Crippen molar-refractivity contribution in [2.24, 2.45) is 0 Å². The number of aryl methyl sites for hydroxylation is 2. The Morgan fingerprint density at radius 2 is 2.17 bits per heavy atom. The topological polar surface area (TPSA) is 96.3 Å². The smallest absolute Gasteiger partial charge is 0.247 e. The number of benzene rings is 1.